The topological polar surface area (TPSA) is 42.2 Å². The van der Waals surface area contributed by atoms with Crippen LogP contribution in [0.15, 0.2) is 6.20 Å². The maximum atomic E-state index is 5.78. The lowest BCUT2D eigenvalue weighted by atomic mass is 10.3. The maximum absolute atomic E-state index is 5.78. The van der Waals surface area contributed by atoms with Crippen LogP contribution < -0.4 is 10.6 Å². The zero-order valence-corrected chi connectivity index (χ0v) is 9.97. The summed E-state index contributed by atoms with van der Waals surface area (Å²) in [6, 6.07) is 0.0980. The van der Waals surface area contributed by atoms with Crippen molar-refractivity contribution < 1.29 is 0 Å². The van der Waals surface area contributed by atoms with E-state index in [1.807, 2.05) is 13.1 Å². The second-order valence-corrected chi connectivity index (χ2v) is 4.65. The van der Waals surface area contributed by atoms with Gasteiger partial charge in [-0.25, -0.2) is 4.98 Å². The van der Waals surface area contributed by atoms with Crippen molar-refractivity contribution in [3.8, 4) is 0 Å². The summed E-state index contributed by atoms with van der Waals surface area (Å²) >= 11 is 1.69. The average Bonchev–Trinajstić information content (AvgIpc) is 2.62. The molecule has 1 aromatic heterocycles. The molecule has 1 atom stereocenters. The number of hydrogen-bond donors (Lipinski definition) is 1. The average molecular weight is 213 g/mol. The largest absolute Gasteiger partial charge is 0.351 e. The Morgan fingerprint density at radius 3 is 2.86 bits per heavy atom. The molecule has 80 valence electrons. The molecular weight excluding hydrogens is 194 g/mol. The Labute approximate surface area is 89.9 Å². The SMILES string of the molecule is CCCCN(C)c1ncc(C(C)N)s1. The minimum absolute atomic E-state index is 0.0980. The van der Waals surface area contributed by atoms with Gasteiger partial charge in [0.1, 0.15) is 0 Å². The Bertz CT molecular complexity index is 270. The molecule has 1 aromatic rings. The summed E-state index contributed by atoms with van der Waals surface area (Å²) in [6.07, 6.45) is 4.31. The number of nitrogens with zero attached hydrogens (tertiary/aromatic N) is 2. The number of unbranched alkanes of at least 4 members (excludes halogenated alkanes) is 1. The van der Waals surface area contributed by atoms with Crippen molar-refractivity contribution in [3.05, 3.63) is 11.1 Å². The summed E-state index contributed by atoms with van der Waals surface area (Å²) in [5, 5.41) is 1.07. The highest BCUT2D eigenvalue weighted by Crippen LogP contribution is 2.25. The second-order valence-electron chi connectivity index (χ2n) is 3.61. The Kier molecular flexibility index (Phi) is 4.35. The molecule has 0 fully saturated rings. The van der Waals surface area contributed by atoms with Gasteiger partial charge in [0, 0.05) is 30.7 Å². The predicted molar refractivity (Wildman–Crippen MR) is 62.9 cm³/mol. The zero-order valence-electron chi connectivity index (χ0n) is 9.16. The van der Waals surface area contributed by atoms with Crippen LogP contribution in [0.2, 0.25) is 0 Å². The van der Waals surface area contributed by atoms with Crippen LogP contribution in [0, 0.1) is 0 Å². The van der Waals surface area contributed by atoms with Gasteiger partial charge in [-0.15, -0.1) is 11.3 Å². The van der Waals surface area contributed by atoms with E-state index in [0.717, 1.165) is 16.6 Å². The van der Waals surface area contributed by atoms with Gasteiger partial charge < -0.3 is 10.6 Å². The summed E-state index contributed by atoms with van der Waals surface area (Å²) in [7, 11) is 2.08. The predicted octanol–water partition coefficient (Wildman–Crippen LogP) is 2.40. The van der Waals surface area contributed by atoms with Gasteiger partial charge in [-0.05, 0) is 13.3 Å². The Hall–Kier alpha value is -0.610. The van der Waals surface area contributed by atoms with Crippen molar-refractivity contribution in [2.45, 2.75) is 32.7 Å². The fourth-order valence-corrected chi connectivity index (χ4v) is 2.01. The van der Waals surface area contributed by atoms with E-state index in [2.05, 4.69) is 23.9 Å². The normalized spacial score (nSPS) is 12.9. The molecule has 1 unspecified atom stereocenters. The first kappa shape index (κ1) is 11.5. The molecule has 0 amide bonds. The first-order valence-electron chi connectivity index (χ1n) is 5.07. The molecule has 0 saturated heterocycles. The first-order chi connectivity index (χ1) is 6.65. The number of hydrogen-bond acceptors (Lipinski definition) is 4. The van der Waals surface area contributed by atoms with E-state index in [1.54, 1.807) is 11.3 Å². The molecule has 14 heavy (non-hydrogen) atoms. The third-order valence-corrected chi connectivity index (χ3v) is 3.45. The Morgan fingerprint density at radius 1 is 1.64 bits per heavy atom. The zero-order chi connectivity index (χ0) is 10.6. The molecule has 4 heteroatoms. The lowest BCUT2D eigenvalue weighted by molar-refractivity contribution is 0.764. The molecule has 0 aliphatic rings. The fourth-order valence-electron chi connectivity index (χ4n) is 1.15. The minimum Gasteiger partial charge on any atom is -0.351 e. The van der Waals surface area contributed by atoms with Crippen molar-refractivity contribution in [1.29, 1.82) is 0 Å². The molecule has 0 aliphatic heterocycles. The molecule has 1 heterocycles. The molecule has 0 radical (unpaired) electrons. The molecule has 3 nitrogen and oxygen atoms in total. The van der Waals surface area contributed by atoms with Crippen molar-refractivity contribution in [3.63, 3.8) is 0 Å². The van der Waals surface area contributed by atoms with Gasteiger partial charge in [-0.2, -0.15) is 0 Å². The van der Waals surface area contributed by atoms with Gasteiger partial charge in [0.2, 0.25) is 0 Å². The molecule has 0 spiro atoms. The number of rotatable bonds is 5. The number of thiazole rings is 1. The van der Waals surface area contributed by atoms with Gasteiger partial charge in [-0.3, -0.25) is 0 Å². The van der Waals surface area contributed by atoms with Gasteiger partial charge in [0.25, 0.3) is 0 Å². The monoisotopic (exact) mass is 213 g/mol. The van der Waals surface area contributed by atoms with Crippen molar-refractivity contribution in [2.24, 2.45) is 5.73 Å². The van der Waals surface area contributed by atoms with Crippen molar-refractivity contribution >= 4 is 16.5 Å². The lowest BCUT2D eigenvalue weighted by Gasteiger charge is -2.14. The molecule has 2 N–H and O–H groups in total. The first-order valence-corrected chi connectivity index (χ1v) is 5.89. The quantitative estimate of drug-likeness (QED) is 0.816. The van der Waals surface area contributed by atoms with Crippen LogP contribution in [0.1, 0.15) is 37.6 Å². The van der Waals surface area contributed by atoms with Crippen LogP contribution in [-0.4, -0.2) is 18.6 Å². The fraction of sp³-hybridized carbons (Fsp3) is 0.700. The van der Waals surface area contributed by atoms with Crippen LogP contribution in [-0.2, 0) is 0 Å². The van der Waals surface area contributed by atoms with Crippen LogP contribution in [0.3, 0.4) is 0 Å². The minimum atomic E-state index is 0.0980. The molecular formula is C10H19N3S. The molecule has 0 saturated carbocycles. The van der Waals surface area contributed by atoms with E-state index in [-0.39, 0.29) is 6.04 Å². The lowest BCUT2D eigenvalue weighted by Crippen LogP contribution is -2.17. The summed E-state index contributed by atoms with van der Waals surface area (Å²) in [5.74, 6) is 0. The van der Waals surface area contributed by atoms with Crippen LogP contribution >= 0.6 is 11.3 Å². The number of aromatic nitrogens is 1. The summed E-state index contributed by atoms with van der Waals surface area (Å²) < 4.78 is 0. The highest BCUT2D eigenvalue weighted by atomic mass is 32.1. The van der Waals surface area contributed by atoms with Gasteiger partial charge in [0.05, 0.1) is 0 Å². The standard InChI is InChI=1S/C10H19N3S/c1-4-5-6-13(3)10-12-7-9(14-10)8(2)11/h7-8H,4-6,11H2,1-3H3. The summed E-state index contributed by atoms with van der Waals surface area (Å²) in [4.78, 5) is 7.71. The number of anilines is 1. The van der Waals surface area contributed by atoms with Crippen molar-refractivity contribution in [1.82, 2.24) is 4.98 Å². The molecule has 0 aromatic carbocycles. The third-order valence-electron chi connectivity index (χ3n) is 2.13. The third kappa shape index (κ3) is 2.96. The summed E-state index contributed by atoms with van der Waals surface area (Å²) in [6.45, 7) is 5.26. The van der Waals surface area contributed by atoms with Crippen LogP contribution in [0.4, 0.5) is 5.13 Å². The van der Waals surface area contributed by atoms with Gasteiger partial charge in [-0.1, -0.05) is 13.3 Å². The van der Waals surface area contributed by atoms with E-state index in [1.165, 1.54) is 12.8 Å². The van der Waals surface area contributed by atoms with E-state index in [0.29, 0.717) is 0 Å². The Balaban J connectivity index is 2.57. The molecule has 1 rings (SSSR count). The van der Waals surface area contributed by atoms with Crippen LogP contribution in [0.5, 0.6) is 0 Å². The highest BCUT2D eigenvalue weighted by molar-refractivity contribution is 7.15. The smallest absolute Gasteiger partial charge is 0.185 e. The Morgan fingerprint density at radius 2 is 2.36 bits per heavy atom. The molecule has 0 bridgehead atoms. The van der Waals surface area contributed by atoms with E-state index < -0.39 is 0 Å². The van der Waals surface area contributed by atoms with E-state index in [4.69, 9.17) is 5.73 Å². The second kappa shape index (κ2) is 5.32. The van der Waals surface area contributed by atoms with Gasteiger partial charge >= 0.3 is 0 Å². The van der Waals surface area contributed by atoms with E-state index >= 15 is 0 Å². The van der Waals surface area contributed by atoms with Crippen molar-refractivity contribution in [2.75, 3.05) is 18.5 Å². The van der Waals surface area contributed by atoms with E-state index in [9.17, 15) is 0 Å². The highest BCUT2D eigenvalue weighted by Gasteiger charge is 2.08. The number of nitrogens with two attached hydrogens (primary N) is 1. The van der Waals surface area contributed by atoms with Crippen LogP contribution in [0.25, 0.3) is 0 Å². The summed E-state index contributed by atoms with van der Waals surface area (Å²) in [5.41, 5.74) is 5.78. The molecule has 0 aliphatic carbocycles. The van der Waals surface area contributed by atoms with Gasteiger partial charge in [0.15, 0.2) is 5.13 Å². The maximum Gasteiger partial charge on any atom is 0.185 e.